The van der Waals surface area contributed by atoms with Gasteiger partial charge in [0, 0.05) is 26.2 Å². The SMILES string of the molecule is CC(O)COC(C)N1CCN(c2nnc(Cl)c(N)n2)CC1. The lowest BCUT2D eigenvalue weighted by Crippen LogP contribution is -2.51. The fourth-order valence-electron chi connectivity index (χ4n) is 2.12. The number of halogens is 1. The van der Waals surface area contributed by atoms with E-state index in [4.69, 9.17) is 22.1 Å². The van der Waals surface area contributed by atoms with Gasteiger partial charge in [0.1, 0.15) is 6.23 Å². The van der Waals surface area contributed by atoms with Crippen LogP contribution in [0.1, 0.15) is 13.8 Å². The second kappa shape index (κ2) is 7.17. The van der Waals surface area contributed by atoms with Crippen molar-refractivity contribution in [1.82, 2.24) is 20.1 Å². The molecule has 1 aliphatic rings. The van der Waals surface area contributed by atoms with Crippen LogP contribution >= 0.6 is 11.6 Å². The van der Waals surface area contributed by atoms with E-state index >= 15 is 0 Å². The molecule has 21 heavy (non-hydrogen) atoms. The van der Waals surface area contributed by atoms with Gasteiger partial charge < -0.3 is 20.5 Å². The molecule has 2 rings (SSSR count). The molecule has 2 atom stereocenters. The molecule has 1 aliphatic heterocycles. The standard InChI is InChI=1S/C12H21ClN6O2/c1-8(20)7-21-9(2)18-3-5-19(6-4-18)12-15-11(14)10(13)16-17-12/h8-9,20H,3-7H2,1-2H3,(H2,14,15,17). The highest BCUT2D eigenvalue weighted by Crippen LogP contribution is 2.17. The first kappa shape index (κ1) is 16.2. The van der Waals surface area contributed by atoms with E-state index in [2.05, 4.69) is 20.1 Å². The molecule has 0 spiro atoms. The summed E-state index contributed by atoms with van der Waals surface area (Å²) >= 11 is 5.72. The molecule has 0 aliphatic carbocycles. The third-order valence-electron chi connectivity index (χ3n) is 3.35. The van der Waals surface area contributed by atoms with Gasteiger partial charge in [-0.05, 0) is 13.8 Å². The predicted molar refractivity (Wildman–Crippen MR) is 80.1 cm³/mol. The second-order valence-electron chi connectivity index (χ2n) is 5.09. The molecule has 2 unspecified atom stereocenters. The van der Waals surface area contributed by atoms with Gasteiger partial charge in [0.15, 0.2) is 11.0 Å². The fourth-order valence-corrected chi connectivity index (χ4v) is 2.20. The molecule has 0 amide bonds. The Hall–Kier alpha value is -1.22. The van der Waals surface area contributed by atoms with Gasteiger partial charge in [-0.15, -0.1) is 10.2 Å². The Kier molecular flexibility index (Phi) is 5.51. The number of aliphatic hydroxyl groups is 1. The maximum Gasteiger partial charge on any atom is 0.247 e. The van der Waals surface area contributed by atoms with E-state index in [1.165, 1.54) is 0 Å². The van der Waals surface area contributed by atoms with Crippen LogP contribution in [0.5, 0.6) is 0 Å². The van der Waals surface area contributed by atoms with Crippen LogP contribution in [-0.4, -0.2) is 70.3 Å². The Labute approximate surface area is 128 Å². The minimum absolute atomic E-state index is 0.0314. The Morgan fingerprint density at radius 1 is 1.29 bits per heavy atom. The molecule has 118 valence electrons. The van der Waals surface area contributed by atoms with E-state index in [0.29, 0.717) is 12.6 Å². The highest BCUT2D eigenvalue weighted by Gasteiger charge is 2.23. The summed E-state index contributed by atoms with van der Waals surface area (Å²) in [6.07, 6.45) is -0.485. The average Bonchev–Trinajstić information content (AvgIpc) is 2.48. The van der Waals surface area contributed by atoms with Crippen LogP contribution < -0.4 is 10.6 Å². The van der Waals surface area contributed by atoms with Crippen LogP contribution in [0.25, 0.3) is 0 Å². The number of hydrogen-bond acceptors (Lipinski definition) is 8. The number of hydrogen-bond donors (Lipinski definition) is 2. The molecular weight excluding hydrogens is 296 g/mol. The first-order chi connectivity index (χ1) is 9.97. The number of piperazine rings is 1. The number of aliphatic hydroxyl groups excluding tert-OH is 1. The number of anilines is 2. The molecule has 0 bridgehead atoms. The van der Waals surface area contributed by atoms with Crippen molar-refractivity contribution in [1.29, 1.82) is 0 Å². The van der Waals surface area contributed by atoms with E-state index in [0.717, 1.165) is 26.2 Å². The lowest BCUT2D eigenvalue weighted by atomic mass is 10.3. The predicted octanol–water partition coefficient (Wildman–Crippen LogP) is -0.0274. The molecule has 0 aromatic carbocycles. The molecule has 1 saturated heterocycles. The Morgan fingerprint density at radius 2 is 1.95 bits per heavy atom. The molecule has 0 saturated carbocycles. The zero-order chi connectivity index (χ0) is 15.4. The van der Waals surface area contributed by atoms with Crippen LogP contribution in [0.2, 0.25) is 5.15 Å². The van der Waals surface area contributed by atoms with E-state index in [1.54, 1.807) is 6.92 Å². The van der Waals surface area contributed by atoms with Crippen molar-refractivity contribution in [3.63, 3.8) is 0 Å². The maximum atomic E-state index is 9.24. The second-order valence-corrected chi connectivity index (χ2v) is 5.45. The van der Waals surface area contributed by atoms with E-state index < -0.39 is 6.10 Å². The summed E-state index contributed by atoms with van der Waals surface area (Å²) in [5, 5.41) is 17.1. The van der Waals surface area contributed by atoms with Gasteiger partial charge >= 0.3 is 0 Å². The van der Waals surface area contributed by atoms with Crippen molar-refractivity contribution >= 4 is 23.4 Å². The fraction of sp³-hybridized carbons (Fsp3) is 0.750. The summed E-state index contributed by atoms with van der Waals surface area (Å²) in [5.74, 6) is 0.687. The topological polar surface area (TPSA) is 101 Å². The zero-order valence-corrected chi connectivity index (χ0v) is 13.0. The smallest absolute Gasteiger partial charge is 0.247 e. The lowest BCUT2D eigenvalue weighted by Gasteiger charge is -2.37. The number of nitrogens with zero attached hydrogens (tertiary/aromatic N) is 5. The maximum absolute atomic E-state index is 9.24. The van der Waals surface area contributed by atoms with Gasteiger partial charge in [-0.3, -0.25) is 4.90 Å². The van der Waals surface area contributed by atoms with Crippen LogP contribution in [0.4, 0.5) is 11.8 Å². The minimum Gasteiger partial charge on any atom is -0.391 e. The minimum atomic E-state index is -0.453. The van der Waals surface area contributed by atoms with Gasteiger partial charge in [0.05, 0.1) is 12.7 Å². The number of ether oxygens (including phenoxy) is 1. The quantitative estimate of drug-likeness (QED) is 0.781. The van der Waals surface area contributed by atoms with Gasteiger partial charge in [-0.25, -0.2) is 0 Å². The van der Waals surface area contributed by atoms with Gasteiger partial charge in [-0.1, -0.05) is 11.6 Å². The van der Waals surface area contributed by atoms with Gasteiger partial charge in [0.2, 0.25) is 5.95 Å². The highest BCUT2D eigenvalue weighted by molar-refractivity contribution is 6.31. The summed E-state index contributed by atoms with van der Waals surface area (Å²) in [7, 11) is 0. The number of nitrogen functional groups attached to an aromatic ring is 1. The number of nitrogens with two attached hydrogens (primary N) is 1. The molecule has 0 radical (unpaired) electrons. The Bertz CT molecular complexity index is 467. The first-order valence-corrected chi connectivity index (χ1v) is 7.29. The van der Waals surface area contributed by atoms with Crippen LogP contribution in [0, 0.1) is 0 Å². The number of aromatic nitrogens is 3. The lowest BCUT2D eigenvalue weighted by molar-refractivity contribution is -0.0751. The van der Waals surface area contributed by atoms with Crippen molar-refractivity contribution in [2.24, 2.45) is 0 Å². The Balaban J connectivity index is 1.86. The molecule has 8 nitrogen and oxygen atoms in total. The van der Waals surface area contributed by atoms with Crippen molar-refractivity contribution in [3.8, 4) is 0 Å². The third-order valence-corrected chi connectivity index (χ3v) is 3.62. The monoisotopic (exact) mass is 316 g/mol. The summed E-state index contributed by atoms with van der Waals surface area (Å²) in [4.78, 5) is 8.35. The number of rotatable bonds is 5. The molecule has 3 N–H and O–H groups in total. The van der Waals surface area contributed by atoms with E-state index in [9.17, 15) is 5.11 Å². The van der Waals surface area contributed by atoms with Crippen molar-refractivity contribution in [2.45, 2.75) is 26.2 Å². The van der Waals surface area contributed by atoms with Crippen LogP contribution in [0.15, 0.2) is 0 Å². The van der Waals surface area contributed by atoms with Crippen LogP contribution in [-0.2, 0) is 4.74 Å². The Morgan fingerprint density at radius 3 is 2.52 bits per heavy atom. The van der Waals surface area contributed by atoms with E-state index in [1.807, 2.05) is 11.8 Å². The normalized spacial score (nSPS) is 19.5. The van der Waals surface area contributed by atoms with Crippen molar-refractivity contribution in [2.75, 3.05) is 43.4 Å². The van der Waals surface area contributed by atoms with E-state index in [-0.39, 0.29) is 17.2 Å². The summed E-state index contributed by atoms with van der Waals surface area (Å²) in [6.45, 7) is 7.16. The summed E-state index contributed by atoms with van der Waals surface area (Å²) < 4.78 is 5.60. The van der Waals surface area contributed by atoms with Gasteiger partial charge in [0.25, 0.3) is 0 Å². The molecule has 9 heteroatoms. The molecular formula is C12H21ClN6O2. The summed E-state index contributed by atoms with van der Waals surface area (Å²) in [6, 6.07) is 0. The summed E-state index contributed by atoms with van der Waals surface area (Å²) in [5.41, 5.74) is 5.64. The highest BCUT2D eigenvalue weighted by atomic mass is 35.5. The molecule has 1 aromatic heterocycles. The first-order valence-electron chi connectivity index (χ1n) is 6.91. The molecule has 2 heterocycles. The molecule has 1 fully saturated rings. The van der Waals surface area contributed by atoms with Gasteiger partial charge in [-0.2, -0.15) is 4.98 Å². The van der Waals surface area contributed by atoms with Crippen molar-refractivity contribution in [3.05, 3.63) is 5.15 Å². The third kappa shape index (κ3) is 4.37. The zero-order valence-electron chi connectivity index (χ0n) is 12.2. The molecule has 1 aromatic rings. The van der Waals surface area contributed by atoms with Crippen LogP contribution in [0.3, 0.4) is 0 Å². The largest absolute Gasteiger partial charge is 0.391 e. The average molecular weight is 317 g/mol. The van der Waals surface area contributed by atoms with Crippen molar-refractivity contribution < 1.29 is 9.84 Å².